The Bertz CT molecular complexity index is 1140. The standard InChI is InChI=1S/C24H30N4O4S/c1-14(30-5)15-10-18(21-25-8-9-33-21)20-19(11-15)26-22(31-20)27-12-16-6-7-17(13-27)28(16)23(29)32-24(2,3)4/h8-11,14,16-17H,6-7,12-13H2,1-5H3. The van der Waals surface area contributed by atoms with Gasteiger partial charge in [-0.25, -0.2) is 9.78 Å². The van der Waals surface area contributed by atoms with E-state index >= 15 is 0 Å². The van der Waals surface area contributed by atoms with E-state index in [1.165, 1.54) is 0 Å². The van der Waals surface area contributed by atoms with Crippen molar-refractivity contribution in [2.24, 2.45) is 0 Å². The smallest absolute Gasteiger partial charge is 0.410 e. The Balaban J connectivity index is 1.46. The van der Waals surface area contributed by atoms with Crippen LogP contribution in [0.15, 0.2) is 28.1 Å². The highest BCUT2D eigenvalue weighted by molar-refractivity contribution is 7.13. The molecule has 0 radical (unpaired) electrons. The number of nitrogens with zero attached hydrogens (tertiary/aromatic N) is 4. The highest BCUT2D eigenvalue weighted by atomic mass is 32.1. The number of benzene rings is 1. The minimum Gasteiger partial charge on any atom is -0.444 e. The lowest BCUT2D eigenvalue weighted by atomic mass is 10.1. The molecule has 3 aromatic rings. The largest absolute Gasteiger partial charge is 0.444 e. The summed E-state index contributed by atoms with van der Waals surface area (Å²) in [6, 6.07) is 4.88. The first kappa shape index (κ1) is 22.2. The zero-order valence-corrected chi connectivity index (χ0v) is 20.5. The van der Waals surface area contributed by atoms with Crippen molar-refractivity contribution in [2.45, 2.75) is 64.3 Å². The Hall–Kier alpha value is -2.65. The van der Waals surface area contributed by atoms with Gasteiger partial charge in [0.05, 0.1) is 23.8 Å². The average Bonchev–Trinajstić information content (AvgIpc) is 3.49. The lowest BCUT2D eigenvalue weighted by Gasteiger charge is -2.40. The molecule has 0 spiro atoms. The second kappa shape index (κ2) is 8.29. The van der Waals surface area contributed by atoms with Crippen LogP contribution in [0, 0.1) is 0 Å². The van der Waals surface area contributed by atoms with Crippen molar-refractivity contribution in [1.82, 2.24) is 14.9 Å². The number of methoxy groups -OCH3 is 1. The predicted octanol–water partition coefficient (Wildman–Crippen LogP) is 5.25. The number of ether oxygens (including phenoxy) is 2. The molecule has 8 nitrogen and oxygen atoms in total. The number of oxazole rings is 1. The molecule has 2 saturated heterocycles. The van der Waals surface area contributed by atoms with E-state index in [0.29, 0.717) is 19.1 Å². The zero-order chi connectivity index (χ0) is 23.3. The Morgan fingerprint density at radius 1 is 1.24 bits per heavy atom. The molecule has 0 aliphatic carbocycles. The summed E-state index contributed by atoms with van der Waals surface area (Å²) in [5, 5.41) is 2.85. The molecular formula is C24H30N4O4S. The zero-order valence-electron chi connectivity index (χ0n) is 19.7. The van der Waals surface area contributed by atoms with Crippen molar-refractivity contribution >= 4 is 34.5 Å². The highest BCUT2D eigenvalue weighted by Crippen LogP contribution is 2.38. The summed E-state index contributed by atoms with van der Waals surface area (Å²) >= 11 is 1.57. The Kier molecular flexibility index (Phi) is 5.56. The van der Waals surface area contributed by atoms with E-state index in [1.807, 2.05) is 44.0 Å². The first-order valence-electron chi connectivity index (χ1n) is 11.4. The van der Waals surface area contributed by atoms with Crippen LogP contribution in [-0.2, 0) is 9.47 Å². The van der Waals surface area contributed by atoms with Crippen LogP contribution in [0.2, 0.25) is 0 Å². The predicted molar refractivity (Wildman–Crippen MR) is 128 cm³/mol. The van der Waals surface area contributed by atoms with E-state index in [9.17, 15) is 4.79 Å². The maximum atomic E-state index is 12.8. The summed E-state index contributed by atoms with van der Waals surface area (Å²) in [5.41, 5.74) is 2.98. The molecule has 2 fully saturated rings. The van der Waals surface area contributed by atoms with Crippen LogP contribution in [0.1, 0.15) is 52.2 Å². The molecule has 1 amide bonds. The number of thiazole rings is 1. The Morgan fingerprint density at radius 2 is 1.97 bits per heavy atom. The van der Waals surface area contributed by atoms with Crippen LogP contribution in [0.3, 0.4) is 0 Å². The van der Waals surface area contributed by atoms with Crippen LogP contribution in [0.4, 0.5) is 10.8 Å². The van der Waals surface area contributed by atoms with Gasteiger partial charge in [0.25, 0.3) is 6.01 Å². The lowest BCUT2D eigenvalue weighted by molar-refractivity contribution is 0.0120. The van der Waals surface area contributed by atoms with Gasteiger partial charge >= 0.3 is 6.09 Å². The van der Waals surface area contributed by atoms with Gasteiger partial charge in [0.15, 0.2) is 5.58 Å². The molecule has 33 heavy (non-hydrogen) atoms. The number of anilines is 1. The summed E-state index contributed by atoms with van der Waals surface area (Å²) in [6.45, 7) is 9.08. The molecule has 3 atom stereocenters. The third kappa shape index (κ3) is 4.19. The van der Waals surface area contributed by atoms with Crippen molar-refractivity contribution in [3.63, 3.8) is 0 Å². The molecule has 0 saturated carbocycles. The molecule has 1 aromatic carbocycles. The molecule has 0 N–H and O–H groups in total. The normalized spacial score (nSPS) is 21.6. The van der Waals surface area contributed by atoms with Crippen molar-refractivity contribution in [3.05, 3.63) is 29.3 Å². The van der Waals surface area contributed by atoms with Gasteiger partial charge in [0.1, 0.15) is 16.1 Å². The molecule has 2 aliphatic rings. The SMILES string of the molecule is COC(C)c1cc(-c2nccs2)c2oc(N3CC4CCC(C3)N4C(=O)OC(C)(C)C)nc2c1. The van der Waals surface area contributed by atoms with Gasteiger partial charge in [-0.3, -0.25) is 4.90 Å². The number of rotatable bonds is 4. The third-order valence-corrected chi connectivity index (χ3v) is 7.15. The van der Waals surface area contributed by atoms with Crippen molar-refractivity contribution in [2.75, 3.05) is 25.1 Å². The summed E-state index contributed by atoms with van der Waals surface area (Å²) in [4.78, 5) is 26.2. The molecule has 2 bridgehead atoms. The summed E-state index contributed by atoms with van der Waals surface area (Å²) in [6.07, 6.45) is 3.42. The maximum absolute atomic E-state index is 12.8. The first-order chi connectivity index (χ1) is 15.7. The molecule has 3 unspecified atom stereocenters. The van der Waals surface area contributed by atoms with Gasteiger partial charge < -0.3 is 18.8 Å². The second-order valence-electron chi connectivity index (χ2n) is 9.81. The molecular weight excluding hydrogens is 440 g/mol. The monoisotopic (exact) mass is 470 g/mol. The van der Waals surface area contributed by atoms with Gasteiger partial charge in [-0.15, -0.1) is 11.3 Å². The van der Waals surface area contributed by atoms with Crippen LogP contribution >= 0.6 is 11.3 Å². The van der Waals surface area contributed by atoms with E-state index in [4.69, 9.17) is 18.9 Å². The number of carbonyl (C=O) groups excluding carboxylic acids is 1. The molecule has 5 rings (SSSR count). The Morgan fingerprint density at radius 3 is 2.58 bits per heavy atom. The molecule has 2 aromatic heterocycles. The van der Waals surface area contributed by atoms with Crippen LogP contribution in [0.5, 0.6) is 0 Å². The fraction of sp³-hybridized carbons (Fsp3) is 0.542. The molecule has 176 valence electrons. The Labute approximate surface area is 197 Å². The van der Waals surface area contributed by atoms with E-state index < -0.39 is 5.60 Å². The van der Waals surface area contributed by atoms with E-state index in [2.05, 4.69) is 16.0 Å². The van der Waals surface area contributed by atoms with Gasteiger partial charge in [-0.2, -0.15) is 4.98 Å². The summed E-state index contributed by atoms with van der Waals surface area (Å²) in [5.74, 6) is 0. The average molecular weight is 471 g/mol. The fourth-order valence-corrected chi connectivity index (χ4v) is 5.39. The number of hydrogen-bond donors (Lipinski definition) is 0. The third-order valence-electron chi connectivity index (χ3n) is 6.34. The molecule has 4 heterocycles. The minimum atomic E-state index is -0.503. The fourth-order valence-electron chi connectivity index (χ4n) is 4.74. The van der Waals surface area contributed by atoms with Crippen molar-refractivity contribution in [1.29, 1.82) is 0 Å². The quantitative estimate of drug-likeness (QED) is 0.515. The number of carbonyl (C=O) groups is 1. The van der Waals surface area contributed by atoms with Crippen LogP contribution in [0.25, 0.3) is 21.7 Å². The number of piperazine rings is 1. The van der Waals surface area contributed by atoms with Crippen LogP contribution < -0.4 is 4.90 Å². The number of aromatic nitrogens is 2. The molecule has 2 aliphatic heterocycles. The number of fused-ring (bicyclic) bond motifs is 3. The highest BCUT2D eigenvalue weighted by Gasteiger charge is 2.45. The van der Waals surface area contributed by atoms with E-state index in [0.717, 1.165) is 40.1 Å². The molecule has 9 heteroatoms. The van der Waals surface area contributed by atoms with Crippen molar-refractivity contribution in [3.8, 4) is 10.6 Å². The minimum absolute atomic E-state index is 0.0681. The summed E-state index contributed by atoms with van der Waals surface area (Å²) in [7, 11) is 1.70. The second-order valence-corrected chi connectivity index (χ2v) is 10.7. The maximum Gasteiger partial charge on any atom is 0.410 e. The van der Waals surface area contributed by atoms with E-state index in [1.54, 1.807) is 24.6 Å². The van der Waals surface area contributed by atoms with E-state index in [-0.39, 0.29) is 24.3 Å². The van der Waals surface area contributed by atoms with Crippen molar-refractivity contribution < 1.29 is 18.7 Å². The van der Waals surface area contributed by atoms with Gasteiger partial charge in [0, 0.05) is 31.8 Å². The number of hydrogen-bond acceptors (Lipinski definition) is 8. The summed E-state index contributed by atoms with van der Waals surface area (Å²) < 4.78 is 17.6. The van der Waals surface area contributed by atoms with Gasteiger partial charge in [-0.1, -0.05) is 0 Å². The van der Waals surface area contributed by atoms with Gasteiger partial charge in [-0.05, 0) is 58.2 Å². The van der Waals surface area contributed by atoms with Gasteiger partial charge in [0.2, 0.25) is 0 Å². The first-order valence-corrected chi connectivity index (χ1v) is 12.2. The topological polar surface area (TPSA) is 80.9 Å². The van der Waals surface area contributed by atoms with Crippen LogP contribution in [-0.4, -0.2) is 58.8 Å². The lowest BCUT2D eigenvalue weighted by Crippen LogP contribution is -2.56. The number of amides is 1.